The predicted molar refractivity (Wildman–Crippen MR) is 85.2 cm³/mol. The Morgan fingerprint density at radius 2 is 2.05 bits per heavy atom. The predicted octanol–water partition coefficient (Wildman–Crippen LogP) is 3.61. The van der Waals surface area contributed by atoms with Crippen molar-refractivity contribution in [1.29, 1.82) is 0 Å². The molecule has 0 spiro atoms. The molecule has 0 amide bonds. The van der Waals surface area contributed by atoms with Crippen LogP contribution >= 0.6 is 12.2 Å². The number of nitrogens with two attached hydrogens (primary N) is 1. The highest BCUT2D eigenvalue weighted by Gasteiger charge is 2.21. The minimum Gasteiger partial charge on any atom is -0.389 e. The zero-order chi connectivity index (χ0) is 14.5. The molecule has 1 aromatic rings. The van der Waals surface area contributed by atoms with E-state index in [0.29, 0.717) is 11.0 Å². The summed E-state index contributed by atoms with van der Waals surface area (Å²) in [4.78, 5) is 2.77. The molecule has 2 N–H and O–H groups in total. The maximum atomic E-state index is 13.5. The van der Waals surface area contributed by atoms with E-state index in [1.54, 1.807) is 12.1 Å². The van der Waals surface area contributed by atoms with Gasteiger partial charge in [-0.1, -0.05) is 38.4 Å². The molecule has 0 aromatic heterocycles. The highest BCUT2D eigenvalue weighted by atomic mass is 32.1. The van der Waals surface area contributed by atoms with Crippen LogP contribution in [-0.2, 0) is 6.54 Å². The van der Waals surface area contributed by atoms with Crippen molar-refractivity contribution in [2.45, 2.75) is 51.6 Å². The molecule has 110 valence electrons. The third-order valence-electron chi connectivity index (χ3n) is 4.20. The molecule has 1 saturated carbocycles. The van der Waals surface area contributed by atoms with Crippen LogP contribution in [0.3, 0.4) is 0 Å². The lowest BCUT2D eigenvalue weighted by molar-refractivity contribution is 0.156. The Bertz CT molecular complexity index is 470. The molecule has 0 heterocycles. The number of halogens is 1. The Labute approximate surface area is 126 Å². The van der Waals surface area contributed by atoms with Crippen molar-refractivity contribution in [3.8, 4) is 0 Å². The van der Waals surface area contributed by atoms with Gasteiger partial charge in [0.05, 0.1) is 0 Å². The molecule has 4 heteroatoms. The van der Waals surface area contributed by atoms with Gasteiger partial charge >= 0.3 is 0 Å². The van der Waals surface area contributed by atoms with Crippen molar-refractivity contribution in [1.82, 2.24) is 4.90 Å². The van der Waals surface area contributed by atoms with Crippen LogP contribution in [0.1, 0.15) is 50.2 Å². The molecule has 0 aliphatic heterocycles. The summed E-state index contributed by atoms with van der Waals surface area (Å²) < 4.78 is 13.5. The smallest absolute Gasteiger partial charge is 0.123 e. The van der Waals surface area contributed by atoms with Crippen molar-refractivity contribution in [2.75, 3.05) is 6.54 Å². The minimum absolute atomic E-state index is 0.223. The average molecular weight is 294 g/mol. The van der Waals surface area contributed by atoms with Crippen molar-refractivity contribution in [3.05, 3.63) is 35.1 Å². The standard InChI is InChI=1S/C16H23FN2S/c1-2-19(14-6-4-3-5-7-14)11-12-10-13(17)8-9-15(12)16(18)20/h8-10,14H,2-7,11H2,1H3,(H2,18,20). The van der Waals surface area contributed by atoms with E-state index < -0.39 is 0 Å². The normalized spacial score (nSPS) is 16.6. The number of nitrogens with zero attached hydrogens (tertiary/aromatic N) is 1. The van der Waals surface area contributed by atoms with Crippen LogP contribution in [0, 0.1) is 5.82 Å². The van der Waals surface area contributed by atoms with Gasteiger partial charge in [-0.2, -0.15) is 0 Å². The molecular weight excluding hydrogens is 271 g/mol. The van der Waals surface area contributed by atoms with Gasteiger partial charge in [-0.25, -0.2) is 4.39 Å². The van der Waals surface area contributed by atoms with Gasteiger partial charge in [0.2, 0.25) is 0 Å². The van der Waals surface area contributed by atoms with Crippen LogP contribution in [0.2, 0.25) is 0 Å². The molecule has 20 heavy (non-hydrogen) atoms. The molecule has 0 bridgehead atoms. The first-order valence-electron chi connectivity index (χ1n) is 7.44. The third kappa shape index (κ3) is 3.76. The third-order valence-corrected chi connectivity index (χ3v) is 4.42. The molecule has 1 aliphatic carbocycles. The Kier molecular flexibility index (Phi) is 5.49. The molecule has 1 fully saturated rings. The molecule has 0 radical (unpaired) electrons. The maximum absolute atomic E-state index is 13.5. The van der Waals surface area contributed by atoms with Gasteiger partial charge in [0.1, 0.15) is 10.8 Å². The van der Waals surface area contributed by atoms with Crippen LogP contribution < -0.4 is 5.73 Å². The van der Waals surface area contributed by atoms with Gasteiger partial charge in [0.25, 0.3) is 0 Å². The molecule has 2 nitrogen and oxygen atoms in total. The highest BCUT2D eigenvalue weighted by Crippen LogP contribution is 2.25. The van der Waals surface area contributed by atoms with E-state index in [2.05, 4.69) is 11.8 Å². The lowest BCUT2D eigenvalue weighted by Crippen LogP contribution is -2.36. The minimum atomic E-state index is -0.223. The number of benzene rings is 1. The van der Waals surface area contributed by atoms with Crippen molar-refractivity contribution >= 4 is 17.2 Å². The van der Waals surface area contributed by atoms with Crippen LogP contribution in [0.25, 0.3) is 0 Å². The Hall–Kier alpha value is -1.00. The van der Waals surface area contributed by atoms with E-state index in [9.17, 15) is 4.39 Å². The first-order valence-corrected chi connectivity index (χ1v) is 7.85. The summed E-state index contributed by atoms with van der Waals surface area (Å²) in [5.74, 6) is -0.223. The first-order chi connectivity index (χ1) is 9.61. The quantitative estimate of drug-likeness (QED) is 0.841. The fourth-order valence-corrected chi connectivity index (χ4v) is 3.30. The van der Waals surface area contributed by atoms with Gasteiger partial charge in [-0.15, -0.1) is 0 Å². The largest absolute Gasteiger partial charge is 0.389 e. The second-order valence-electron chi connectivity index (χ2n) is 5.52. The fraction of sp³-hybridized carbons (Fsp3) is 0.562. The molecule has 0 atom stereocenters. The second-order valence-corrected chi connectivity index (χ2v) is 5.96. The summed E-state index contributed by atoms with van der Waals surface area (Å²) in [6.45, 7) is 3.86. The van der Waals surface area contributed by atoms with Gasteiger partial charge in [0, 0.05) is 18.2 Å². The monoisotopic (exact) mass is 294 g/mol. The van der Waals surface area contributed by atoms with Crippen LogP contribution in [0.5, 0.6) is 0 Å². The van der Waals surface area contributed by atoms with Gasteiger partial charge in [0.15, 0.2) is 0 Å². The SMILES string of the molecule is CCN(Cc1cc(F)ccc1C(N)=S)C1CCCCC1. The molecular formula is C16H23FN2S. The van der Waals surface area contributed by atoms with E-state index in [1.165, 1.54) is 38.2 Å². The number of rotatable bonds is 5. The second kappa shape index (κ2) is 7.14. The molecule has 0 saturated heterocycles. The van der Waals surface area contributed by atoms with Gasteiger partial charge < -0.3 is 5.73 Å². The first kappa shape index (κ1) is 15.4. The molecule has 2 rings (SSSR count). The zero-order valence-electron chi connectivity index (χ0n) is 12.1. The van der Waals surface area contributed by atoms with Crippen molar-refractivity contribution < 1.29 is 4.39 Å². The van der Waals surface area contributed by atoms with Crippen LogP contribution in [0.15, 0.2) is 18.2 Å². The molecule has 1 aromatic carbocycles. The summed E-state index contributed by atoms with van der Waals surface area (Å²) in [7, 11) is 0. The average Bonchev–Trinajstić information content (AvgIpc) is 2.45. The van der Waals surface area contributed by atoms with Gasteiger partial charge in [-0.3, -0.25) is 4.90 Å². The maximum Gasteiger partial charge on any atom is 0.123 e. The number of hydrogen-bond donors (Lipinski definition) is 1. The van der Waals surface area contributed by atoms with Crippen LogP contribution in [0.4, 0.5) is 4.39 Å². The van der Waals surface area contributed by atoms with E-state index >= 15 is 0 Å². The Morgan fingerprint density at radius 1 is 1.35 bits per heavy atom. The topological polar surface area (TPSA) is 29.3 Å². The highest BCUT2D eigenvalue weighted by molar-refractivity contribution is 7.80. The number of thiocarbonyl (C=S) groups is 1. The summed E-state index contributed by atoms with van der Waals surface area (Å²) in [6, 6.07) is 5.30. The van der Waals surface area contributed by atoms with E-state index in [-0.39, 0.29) is 5.82 Å². The molecule has 1 aliphatic rings. The van der Waals surface area contributed by atoms with Crippen molar-refractivity contribution in [2.24, 2.45) is 5.73 Å². The Balaban J connectivity index is 2.17. The Morgan fingerprint density at radius 3 is 2.65 bits per heavy atom. The lowest BCUT2D eigenvalue weighted by Gasteiger charge is -2.34. The summed E-state index contributed by atoms with van der Waals surface area (Å²) >= 11 is 5.08. The zero-order valence-corrected chi connectivity index (χ0v) is 12.9. The summed E-state index contributed by atoms with van der Waals surface area (Å²) in [6.07, 6.45) is 6.42. The lowest BCUT2D eigenvalue weighted by atomic mass is 9.93. The fourth-order valence-electron chi connectivity index (χ4n) is 3.10. The summed E-state index contributed by atoms with van der Waals surface area (Å²) in [5.41, 5.74) is 7.46. The van der Waals surface area contributed by atoms with Crippen LogP contribution in [-0.4, -0.2) is 22.5 Å². The van der Waals surface area contributed by atoms with E-state index in [0.717, 1.165) is 24.2 Å². The van der Waals surface area contributed by atoms with E-state index in [1.807, 2.05) is 0 Å². The van der Waals surface area contributed by atoms with Gasteiger partial charge in [-0.05, 0) is 43.1 Å². The molecule has 0 unspecified atom stereocenters. The van der Waals surface area contributed by atoms with E-state index in [4.69, 9.17) is 18.0 Å². The van der Waals surface area contributed by atoms with Crippen molar-refractivity contribution in [3.63, 3.8) is 0 Å². The number of hydrogen-bond acceptors (Lipinski definition) is 2. The summed E-state index contributed by atoms with van der Waals surface area (Å²) in [5, 5.41) is 0.